The number of hydrogen-bond donors (Lipinski definition) is 0. The van der Waals surface area contributed by atoms with Crippen LogP contribution in [0.2, 0.25) is 0 Å². The summed E-state index contributed by atoms with van der Waals surface area (Å²) in [6.07, 6.45) is 3.95. The molecule has 1 aromatic heterocycles. The van der Waals surface area contributed by atoms with E-state index in [0.717, 1.165) is 36.4 Å². The zero-order valence-corrected chi connectivity index (χ0v) is 15.9. The molecule has 0 unspecified atom stereocenters. The molecule has 27 heavy (non-hydrogen) atoms. The molecule has 138 valence electrons. The number of benzene rings is 2. The lowest BCUT2D eigenvalue weighted by atomic mass is 10.2. The highest BCUT2D eigenvalue weighted by Crippen LogP contribution is 2.19. The fourth-order valence-electron chi connectivity index (χ4n) is 2.28. The summed E-state index contributed by atoms with van der Waals surface area (Å²) >= 11 is 1.46. The Hall–Kier alpha value is -2.92. The molecule has 0 aliphatic heterocycles. The average Bonchev–Trinajstić information content (AvgIpc) is 3.24. The number of hydrogen-bond acceptors (Lipinski definition) is 5. The number of aliphatic imine (C=N–C) groups is 1. The van der Waals surface area contributed by atoms with Gasteiger partial charge in [0.05, 0.1) is 17.9 Å². The van der Waals surface area contributed by atoms with Crippen LogP contribution in [0, 0.1) is 0 Å². The van der Waals surface area contributed by atoms with E-state index in [4.69, 9.17) is 9.47 Å². The largest absolute Gasteiger partial charge is 0.494 e. The van der Waals surface area contributed by atoms with Crippen molar-refractivity contribution in [1.82, 2.24) is 0 Å². The summed E-state index contributed by atoms with van der Waals surface area (Å²) in [6.45, 7) is 2.88. The van der Waals surface area contributed by atoms with Crippen LogP contribution in [-0.2, 0) is 0 Å². The fourth-order valence-corrected chi connectivity index (χ4v) is 2.91. The normalized spacial score (nSPS) is 10.9. The SMILES string of the molecule is CCCCOc1ccc(N=Cc2ccc(OC(=O)c3ccsc3)cc2)cc1. The third-order valence-corrected chi connectivity index (χ3v) is 4.50. The number of rotatable bonds is 8. The van der Waals surface area contributed by atoms with Gasteiger partial charge in [0.15, 0.2) is 0 Å². The summed E-state index contributed by atoms with van der Waals surface area (Å²) in [4.78, 5) is 16.4. The third kappa shape index (κ3) is 5.79. The van der Waals surface area contributed by atoms with Crippen LogP contribution in [0.1, 0.15) is 35.7 Å². The number of ether oxygens (including phenoxy) is 2. The number of carbonyl (C=O) groups excluding carboxylic acids is 1. The summed E-state index contributed by atoms with van der Waals surface area (Å²) in [6, 6.07) is 16.7. The molecule has 0 fully saturated rings. The van der Waals surface area contributed by atoms with E-state index in [1.807, 2.05) is 41.8 Å². The first-order chi connectivity index (χ1) is 13.2. The van der Waals surface area contributed by atoms with Crippen molar-refractivity contribution in [2.75, 3.05) is 6.61 Å². The van der Waals surface area contributed by atoms with Gasteiger partial charge in [0.2, 0.25) is 0 Å². The molecule has 0 amide bonds. The molecule has 4 nitrogen and oxygen atoms in total. The van der Waals surface area contributed by atoms with E-state index in [1.54, 1.807) is 29.8 Å². The summed E-state index contributed by atoms with van der Waals surface area (Å²) in [5, 5.41) is 3.61. The van der Waals surface area contributed by atoms with Crippen LogP contribution in [0.5, 0.6) is 11.5 Å². The molecule has 0 bridgehead atoms. The molecule has 0 spiro atoms. The standard InChI is InChI=1S/C22H21NO3S/c1-2-3-13-25-20-10-6-19(7-11-20)23-15-17-4-8-21(9-5-17)26-22(24)18-12-14-27-16-18/h4-12,14-16H,2-3,13H2,1H3. The molecule has 0 saturated heterocycles. The lowest BCUT2D eigenvalue weighted by molar-refractivity contribution is 0.0735. The number of esters is 1. The molecule has 2 aromatic carbocycles. The molecule has 0 atom stereocenters. The molecule has 0 radical (unpaired) electrons. The second-order valence-electron chi connectivity index (χ2n) is 5.92. The minimum absolute atomic E-state index is 0.348. The van der Waals surface area contributed by atoms with E-state index in [1.165, 1.54) is 11.3 Å². The molecule has 1 heterocycles. The van der Waals surface area contributed by atoms with Crippen LogP contribution in [0.15, 0.2) is 70.3 Å². The van der Waals surface area contributed by atoms with Crippen molar-refractivity contribution in [3.05, 3.63) is 76.5 Å². The van der Waals surface area contributed by atoms with E-state index < -0.39 is 0 Å². The van der Waals surface area contributed by atoms with E-state index in [9.17, 15) is 4.79 Å². The number of thiophene rings is 1. The van der Waals surface area contributed by atoms with Crippen LogP contribution in [0.3, 0.4) is 0 Å². The van der Waals surface area contributed by atoms with Gasteiger partial charge in [0.25, 0.3) is 0 Å². The quantitative estimate of drug-likeness (QED) is 0.212. The topological polar surface area (TPSA) is 47.9 Å². The zero-order valence-electron chi connectivity index (χ0n) is 15.1. The number of nitrogens with zero attached hydrogens (tertiary/aromatic N) is 1. The van der Waals surface area contributed by atoms with Crippen molar-refractivity contribution < 1.29 is 14.3 Å². The Morgan fingerprint density at radius 2 is 1.78 bits per heavy atom. The van der Waals surface area contributed by atoms with Crippen molar-refractivity contribution in [1.29, 1.82) is 0 Å². The zero-order chi connectivity index (χ0) is 18.9. The van der Waals surface area contributed by atoms with Gasteiger partial charge in [-0.2, -0.15) is 11.3 Å². The first-order valence-corrected chi connectivity index (χ1v) is 9.80. The molecule has 0 aliphatic rings. The van der Waals surface area contributed by atoms with Crippen LogP contribution in [0.25, 0.3) is 0 Å². The molecule has 3 rings (SSSR count). The Morgan fingerprint density at radius 1 is 1.04 bits per heavy atom. The average molecular weight is 379 g/mol. The predicted octanol–water partition coefficient (Wildman–Crippen LogP) is 5.90. The van der Waals surface area contributed by atoms with E-state index in [-0.39, 0.29) is 5.97 Å². The van der Waals surface area contributed by atoms with Crippen molar-refractivity contribution in [3.8, 4) is 11.5 Å². The molecule has 3 aromatic rings. The second-order valence-corrected chi connectivity index (χ2v) is 6.70. The highest BCUT2D eigenvalue weighted by molar-refractivity contribution is 7.08. The minimum Gasteiger partial charge on any atom is -0.494 e. The highest BCUT2D eigenvalue weighted by Gasteiger charge is 2.08. The van der Waals surface area contributed by atoms with Gasteiger partial charge < -0.3 is 9.47 Å². The maximum absolute atomic E-state index is 11.9. The van der Waals surface area contributed by atoms with Gasteiger partial charge in [-0.15, -0.1) is 0 Å². The van der Waals surface area contributed by atoms with E-state index >= 15 is 0 Å². The Balaban J connectivity index is 1.55. The molecular weight excluding hydrogens is 358 g/mol. The van der Waals surface area contributed by atoms with E-state index in [2.05, 4.69) is 11.9 Å². The first-order valence-electron chi connectivity index (χ1n) is 8.86. The highest BCUT2D eigenvalue weighted by atomic mass is 32.1. The van der Waals surface area contributed by atoms with Crippen LogP contribution < -0.4 is 9.47 Å². The van der Waals surface area contributed by atoms with Gasteiger partial charge in [0, 0.05) is 11.6 Å². The summed E-state index contributed by atoms with van der Waals surface area (Å²) in [5.74, 6) is 1.02. The lowest BCUT2D eigenvalue weighted by Gasteiger charge is -2.05. The minimum atomic E-state index is -0.348. The van der Waals surface area contributed by atoms with Gasteiger partial charge in [0.1, 0.15) is 11.5 Å². The fraction of sp³-hybridized carbons (Fsp3) is 0.182. The van der Waals surface area contributed by atoms with Crippen LogP contribution >= 0.6 is 11.3 Å². The number of unbranched alkanes of at least 4 members (excludes halogenated alkanes) is 1. The molecule has 0 aliphatic carbocycles. The van der Waals surface area contributed by atoms with Crippen LogP contribution in [0.4, 0.5) is 5.69 Å². The summed E-state index contributed by atoms with van der Waals surface area (Å²) in [5.41, 5.74) is 2.34. The van der Waals surface area contributed by atoms with E-state index in [0.29, 0.717) is 11.3 Å². The maximum Gasteiger partial charge on any atom is 0.344 e. The Bertz CT molecular complexity index is 869. The molecule has 0 saturated carbocycles. The maximum atomic E-state index is 11.9. The van der Waals surface area contributed by atoms with Gasteiger partial charge in [-0.3, -0.25) is 4.99 Å². The Labute approximate surface area is 163 Å². The van der Waals surface area contributed by atoms with Crippen LogP contribution in [-0.4, -0.2) is 18.8 Å². The molecule has 5 heteroatoms. The summed E-state index contributed by atoms with van der Waals surface area (Å²) in [7, 11) is 0. The Morgan fingerprint density at radius 3 is 2.44 bits per heavy atom. The van der Waals surface area contributed by atoms with Gasteiger partial charge in [-0.05, 0) is 72.0 Å². The molecular formula is C22H21NO3S. The second kappa shape index (κ2) is 9.69. The van der Waals surface area contributed by atoms with Crippen molar-refractivity contribution in [2.45, 2.75) is 19.8 Å². The van der Waals surface area contributed by atoms with Crippen molar-refractivity contribution in [3.63, 3.8) is 0 Å². The Kier molecular flexibility index (Phi) is 6.77. The van der Waals surface area contributed by atoms with Gasteiger partial charge in [-0.1, -0.05) is 13.3 Å². The van der Waals surface area contributed by atoms with Crippen molar-refractivity contribution in [2.24, 2.45) is 4.99 Å². The predicted molar refractivity (Wildman–Crippen MR) is 110 cm³/mol. The van der Waals surface area contributed by atoms with Gasteiger partial charge in [-0.25, -0.2) is 4.79 Å². The lowest BCUT2D eigenvalue weighted by Crippen LogP contribution is -2.06. The third-order valence-electron chi connectivity index (χ3n) is 3.81. The number of carbonyl (C=O) groups is 1. The van der Waals surface area contributed by atoms with Gasteiger partial charge >= 0.3 is 5.97 Å². The van der Waals surface area contributed by atoms with Crippen molar-refractivity contribution >= 4 is 29.2 Å². The first kappa shape index (κ1) is 18.9. The monoisotopic (exact) mass is 379 g/mol. The smallest absolute Gasteiger partial charge is 0.344 e. The summed E-state index contributed by atoms with van der Waals surface area (Å²) < 4.78 is 11.0. The molecule has 0 N–H and O–H groups in total.